The Morgan fingerprint density at radius 2 is 1.80 bits per heavy atom. The van der Waals surface area contributed by atoms with Crippen LogP contribution in [0.3, 0.4) is 0 Å². The van der Waals surface area contributed by atoms with Gasteiger partial charge in [0.1, 0.15) is 11.6 Å². The number of halogens is 3. The Hall–Kier alpha value is -0.480. The van der Waals surface area contributed by atoms with Crippen LogP contribution in [-0.4, -0.2) is 13.1 Å². The second-order valence-electron chi connectivity index (χ2n) is 6.02. The minimum atomic E-state index is -0.399. The van der Waals surface area contributed by atoms with Crippen LogP contribution in [0.2, 0.25) is 0 Å². The Morgan fingerprint density at radius 3 is 2.45 bits per heavy atom. The Morgan fingerprint density at radius 1 is 1.10 bits per heavy atom. The van der Waals surface area contributed by atoms with E-state index in [4.69, 9.17) is 0 Å². The van der Waals surface area contributed by atoms with Crippen LogP contribution in [0, 0.1) is 17.0 Å². The molecule has 0 fully saturated rings. The van der Waals surface area contributed by atoms with Crippen molar-refractivity contribution in [3.63, 3.8) is 0 Å². The van der Waals surface area contributed by atoms with E-state index in [9.17, 15) is 8.78 Å². The SMILES string of the molecule is CCCNCCC(C)(C)CCc1cc(F)c(Br)cc1F. The van der Waals surface area contributed by atoms with Gasteiger partial charge in [0.25, 0.3) is 0 Å². The van der Waals surface area contributed by atoms with E-state index in [2.05, 4.69) is 42.0 Å². The van der Waals surface area contributed by atoms with Crippen molar-refractivity contribution in [1.82, 2.24) is 5.32 Å². The number of aryl methyl sites for hydroxylation is 1. The molecule has 0 spiro atoms. The molecular weight excluding hydrogens is 324 g/mol. The molecule has 0 saturated heterocycles. The quantitative estimate of drug-likeness (QED) is 0.511. The summed E-state index contributed by atoms with van der Waals surface area (Å²) < 4.78 is 27.4. The van der Waals surface area contributed by atoms with Gasteiger partial charge in [-0.2, -0.15) is 0 Å². The van der Waals surface area contributed by atoms with Crippen molar-refractivity contribution in [3.8, 4) is 0 Å². The summed E-state index contributed by atoms with van der Waals surface area (Å²) in [6, 6.07) is 2.51. The Labute approximate surface area is 129 Å². The molecule has 1 aromatic carbocycles. The highest BCUT2D eigenvalue weighted by Crippen LogP contribution is 2.28. The highest BCUT2D eigenvalue weighted by atomic mass is 79.9. The van der Waals surface area contributed by atoms with Crippen LogP contribution < -0.4 is 5.32 Å². The molecule has 0 amide bonds. The first-order valence-corrected chi connectivity index (χ1v) is 7.99. The third-order valence-electron chi connectivity index (χ3n) is 3.57. The van der Waals surface area contributed by atoms with Crippen LogP contribution in [0.1, 0.15) is 45.6 Å². The first-order valence-electron chi connectivity index (χ1n) is 7.20. The molecule has 0 aliphatic carbocycles. The van der Waals surface area contributed by atoms with Crippen molar-refractivity contribution in [3.05, 3.63) is 33.8 Å². The average molecular weight is 348 g/mol. The molecule has 114 valence electrons. The summed E-state index contributed by atoms with van der Waals surface area (Å²) in [5.41, 5.74) is 0.580. The van der Waals surface area contributed by atoms with E-state index < -0.39 is 5.82 Å². The fourth-order valence-electron chi connectivity index (χ4n) is 2.08. The minimum Gasteiger partial charge on any atom is -0.317 e. The molecule has 0 saturated carbocycles. The van der Waals surface area contributed by atoms with Gasteiger partial charge in [-0.05, 0) is 77.8 Å². The van der Waals surface area contributed by atoms with Gasteiger partial charge in [-0.1, -0.05) is 20.8 Å². The Balaban J connectivity index is 2.51. The van der Waals surface area contributed by atoms with Crippen LogP contribution >= 0.6 is 15.9 Å². The monoisotopic (exact) mass is 347 g/mol. The van der Waals surface area contributed by atoms with E-state index in [-0.39, 0.29) is 15.7 Å². The number of hydrogen-bond acceptors (Lipinski definition) is 1. The number of nitrogens with one attached hydrogen (secondary N) is 1. The van der Waals surface area contributed by atoms with Crippen LogP contribution in [0.25, 0.3) is 0 Å². The third kappa shape index (κ3) is 5.88. The molecule has 0 aromatic heterocycles. The van der Waals surface area contributed by atoms with Crippen LogP contribution in [0.5, 0.6) is 0 Å². The van der Waals surface area contributed by atoms with Crippen molar-refractivity contribution in [1.29, 1.82) is 0 Å². The molecule has 1 N–H and O–H groups in total. The molecule has 0 aliphatic rings. The second kappa shape index (κ2) is 8.08. The summed E-state index contributed by atoms with van der Waals surface area (Å²) in [6.45, 7) is 8.49. The molecule has 4 heteroatoms. The summed E-state index contributed by atoms with van der Waals surface area (Å²) in [7, 11) is 0. The minimum absolute atomic E-state index is 0.122. The zero-order chi connectivity index (χ0) is 15.2. The molecule has 0 heterocycles. The van der Waals surface area contributed by atoms with E-state index in [1.807, 2.05) is 0 Å². The number of rotatable bonds is 8. The number of benzene rings is 1. The van der Waals surface area contributed by atoms with Crippen LogP contribution in [0.15, 0.2) is 16.6 Å². The third-order valence-corrected chi connectivity index (χ3v) is 4.17. The standard InChI is InChI=1S/C16H24BrF2N/c1-4-8-20-9-7-16(2,3)6-5-12-10-15(19)13(17)11-14(12)18/h10-11,20H,4-9H2,1-3H3. The smallest absolute Gasteiger partial charge is 0.137 e. The lowest BCUT2D eigenvalue weighted by Gasteiger charge is -2.25. The fraction of sp³-hybridized carbons (Fsp3) is 0.625. The second-order valence-corrected chi connectivity index (χ2v) is 6.88. The van der Waals surface area contributed by atoms with Gasteiger partial charge >= 0.3 is 0 Å². The van der Waals surface area contributed by atoms with Gasteiger partial charge in [-0.15, -0.1) is 0 Å². The zero-order valence-electron chi connectivity index (χ0n) is 12.5. The lowest BCUT2D eigenvalue weighted by atomic mass is 9.83. The number of hydrogen-bond donors (Lipinski definition) is 1. The molecule has 1 rings (SSSR count). The maximum atomic E-state index is 13.7. The summed E-state index contributed by atoms with van der Waals surface area (Å²) >= 11 is 3.00. The molecule has 0 aliphatic heterocycles. The molecule has 0 unspecified atom stereocenters. The predicted octanol–water partition coefficient (Wildman–Crippen LogP) is 5.08. The molecule has 1 aromatic rings. The van der Waals surface area contributed by atoms with Crippen molar-refractivity contribution in [2.24, 2.45) is 5.41 Å². The van der Waals surface area contributed by atoms with Crippen LogP contribution in [-0.2, 0) is 6.42 Å². The van der Waals surface area contributed by atoms with E-state index in [0.29, 0.717) is 12.0 Å². The summed E-state index contributed by atoms with van der Waals surface area (Å²) in [6.07, 6.45) is 3.58. The topological polar surface area (TPSA) is 12.0 Å². The first kappa shape index (κ1) is 17.6. The van der Waals surface area contributed by atoms with Gasteiger partial charge in [-0.25, -0.2) is 8.78 Å². The fourth-order valence-corrected chi connectivity index (χ4v) is 2.40. The first-order chi connectivity index (χ1) is 9.35. The van der Waals surface area contributed by atoms with E-state index in [0.717, 1.165) is 32.4 Å². The van der Waals surface area contributed by atoms with Crippen LogP contribution in [0.4, 0.5) is 8.78 Å². The molecule has 0 bridgehead atoms. The lowest BCUT2D eigenvalue weighted by Crippen LogP contribution is -2.23. The van der Waals surface area contributed by atoms with Gasteiger partial charge in [0, 0.05) is 0 Å². The largest absolute Gasteiger partial charge is 0.317 e. The molecular formula is C16H24BrF2N. The molecule has 20 heavy (non-hydrogen) atoms. The van der Waals surface area contributed by atoms with E-state index in [1.165, 1.54) is 12.1 Å². The van der Waals surface area contributed by atoms with Gasteiger partial charge in [0.05, 0.1) is 4.47 Å². The zero-order valence-corrected chi connectivity index (χ0v) is 14.1. The van der Waals surface area contributed by atoms with Gasteiger partial charge in [-0.3, -0.25) is 0 Å². The molecule has 0 radical (unpaired) electrons. The van der Waals surface area contributed by atoms with Gasteiger partial charge < -0.3 is 5.32 Å². The van der Waals surface area contributed by atoms with Gasteiger partial charge in [0.15, 0.2) is 0 Å². The maximum Gasteiger partial charge on any atom is 0.137 e. The Bertz CT molecular complexity index is 433. The highest BCUT2D eigenvalue weighted by molar-refractivity contribution is 9.10. The summed E-state index contributed by atoms with van der Waals surface area (Å²) in [5.74, 6) is -0.734. The summed E-state index contributed by atoms with van der Waals surface area (Å²) in [5, 5.41) is 3.38. The molecule has 1 nitrogen and oxygen atoms in total. The van der Waals surface area contributed by atoms with Crippen molar-refractivity contribution >= 4 is 15.9 Å². The lowest BCUT2D eigenvalue weighted by molar-refractivity contribution is 0.301. The molecule has 0 atom stereocenters. The predicted molar refractivity (Wildman–Crippen MR) is 83.9 cm³/mol. The normalized spacial score (nSPS) is 11.9. The van der Waals surface area contributed by atoms with Crippen molar-refractivity contribution in [2.75, 3.05) is 13.1 Å². The highest BCUT2D eigenvalue weighted by Gasteiger charge is 2.18. The summed E-state index contributed by atoms with van der Waals surface area (Å²) in [4.78, 5) is 0. The van der Waals surface area contributed by atoms with E-state index >= 15 is 0 Å². The average Bonchev–Trinajstić information content (AvgIpc) is 2.37. The Kier molecular flexibility index (Phi) is 7.10. The van der Waals surface area contributed by atoms with Crippen molar-refractivity contribution < 1.29 is 8.78 Å². The van der Waals surface area contributed by atoms with Crippen molar-refractivity contribution in [2.45, 2.75) is 46.5 Å². The maximum absolute atomic E-state index is 13.7. The van der Waals surface area contributed by atoms with Gasteiger partial charge in [0.2, 0.25) is 0 Å². The van der Waals surface area contributed by atoms with E-state index in [1.54, 1.807) is 0 Å².